The first-order valence-electron chi connectivity index (χ1n) is 11.7. The van der Waals surface area contributed by atoms with E-state index in [0.29, 0.717) is 23.8 Å². The van der Waals surface area contributed by atoms with Gasteiger partial charge in [-0.2, -0.15) is 0 Å². The Bertz CT molecular complexity index is 1050. The number of rotatable bonds is 8. The number of likely N-dealkylation sites (tertiary alicyclic amines) is 1. The Morgan fingerprint density at radius 3 is 2.18 bits per heavy atom. The van der Waals surface area contributed by atoms with Crippen molar-refractivity contribution < 1.29 is 24.2 Å². The van der Waals surface area contributed by atoms with Crippen LogP contribution in [0.4, 0.5) is 0 Å². The molecule has 34 heavy (non-hydrogen) atoms. The van der Waals surface area contributed by atoms with E-state index in [9.17, 15) is 14.7 Å². The minimum absolute atomic E-state index is 0.0320. The molecule has 1 heterocycles. The molecule has 0 aromatic heterocycles. The van der Waals surface area contributed by atoms with Gasteiger partial charge in [-0.1, -0.05) is 58.9 Å². The minimum atomic E-state index is -0.696. The van der Waals surface area contributed by atoms with Crippen molar-refractivity contribution in [3.05, 3.63) is 70.8 Å². The number of aliphatic hydroxyl groups excluding tert-OH is 1. The second-order valence-corrected chi connectivity index (χ2v) is 10.1. The Kier molecular flexibility index (Phi) is 7.82. The van der Waals surface area contributed by atoms with Crippen LogP contribution in [0.2, 0.25) is 0 Å². The summed E-state index contributed by atoms with van der Waals surface area (Å²) in [5.41, 5.74) is 2.41. The topological polar surface area (TPSA) is 76.1 Å². The molecule has 2 aromatic carbocycles. The molecule has 1 aliphatic rings. The van der Waals surface area contributed by atoms with Gasteiger partial charge in [-0.3, -0.25) is 9.59 Å². The van der Waals surface area contributed by atoms with Crippen LogP contribution in [0, 0.1) is 5.92 Å². The van der Waals surface area contributed by atoms with E-state index in [1.54, 1.807) is 31.4 Å². The van der Waals surface area contributed by atoms with Gasteiger partial charge in [0.15, 0.2) is 0 Å². The molecule has 0 saturated carbocycles. The fourth-order valence-corrected chi connectivity index (χ4v) is 3.94. The van der Waals surface area contributed by atoms with Crippen molar-refractivity contribution in [2.24, 2.45) is 5.92 Å². The fourth-order valence-electron chi connectivity index (χ4n) is 3.94. The normalized spacial score (nSPS) is 18.1. The van der Waals surface area contributed by atoms with Crippen LogP contribution in [0.5, 0.6) is 5.75 Å². The first kappa shape index (κ1) is 25.5. The Hall–Kier alpha value is -3.12. The van der Waals surface area contributed by atoms with Crippen LogP contribution >= 0.6 is 0 Å². The molecule has 1 amide bonds. The molecule has 0 radical (unpaired) electrons. The van der Waals surface area contributed by atoms with Crippen LogP contribution in [0.25, 0.3) is 5.76 Å². The summed E-state index contributed by atoms with van der Waals surface area (Å²) in [6.45, 7) is 11.6. The summed E-state index contributed by atoms with van der Waals surface area (Å²) in [5, 5.41) is 11.2. The second kappa shape index (κ2) is 10.4. The number of amides is 1. The lowest BCUT2D eigenvalue weighted by molar-refractivity contribution is -0.140. The summed E-state index contributed by atoms with van der Waals surface area (Å²) in [7, 11) is 1.55. The molecule has 1 fully saturated rings. The average Bonchev–Trinajstić information content (AvgIpc) is 3.05. The maximum Gasteiger partial charge on any atom is 0.295 e. The van der Waals surface area contributed by atoms with Crippen LogP contribution in [0.3, 0.4) is 0 Å². The van der Waals surface area contributed by atoms with Crippen LogP contribution in [0.1, 0.15) is 57.4 Å². The molecule has 6 nitrogen and oxygen atoms in total. The van der Waals surface area contributed by atoms with Gasteiger partial charge >= 0.3 is 0 Å². The van der Waals surface area contributed by atoms with Crippen molar-refractivity contribution in [1.82, 2.24) is 4.90 Å². The Balaban J connectivity index is 2.04. The smallest absolute Gasteiger partial charge is 0.295 e. The number of carbonyl (C=O) groups is 2. The summed E-state index contributed by atoms with van der Waals surface area (Å²) in [6, 6.07) is 14.1. The molecule has 2 aromatic rings. The molecule has 1 saturated heterocycles. The Morgan fingerprint density at radius 1 is 1.03 bits per heavy atom. The Labute approximate surface area is 202 Å². The highest BCUT2D eigenvalue weighted by Gasteiger charge is 2.45. The third-order valence-corrected chi connectivity index (χ3v) is 5.88. The molecule has 1 atom stereocenters. The number of hydrogen-bond acceptors (Lipinski definition) is 5. The van der Waals surface area contributed by atoms with Crippen LogP contribution < -0.4 is 4.74 Å². The van der Waals surface area contributed by atoms with Crippen LogP contribution in [-0.4, -0.2) is 48.6 Å². The number of aliphatic hydroxyl groups is 1. The van der Waals surface area contributed by atoms with Gasteiger partial charge in [0.05, 0.1) is 24.8 Å². The van der Waals surface area contributed by atoms with Crippen molar-refractivity contribution in [1.29, 1.82) is 0 Å². The van der Waals surface area contributed by atoms with Gasteiger partial charge in [-0.15, -0.1) is 0 Å². The number of carbonyl (C=O) groups excluding carboxylic acids is 2. The quantitative estimate of drug-likeness (QED) is 0.334. The lowest BCUT2D eigenvalue weighted by Crippen LogP contribution is -2.32. The standard InChI is InChI=1S/C28H35NO5/c1-18(2)17-34-22-13-9-20(10-14-22)25(30)23-24(29(15-16-33-6)27(32)26(23)31)19-7-11-21(12-8-19)28(3,4)5/h7-14,18,24,30H,15-17H2,1-6H3/b25-23+. The van der Waals surface area contributed by atoms with Crippen LogP contribution in [-0.2, 0) is 19.7 Å². The highest BCUT2D eigenvalue weighted by atomic mass is 16.5. The minimum Gasteiger partial charge on any atom is -0.507 e. The lowest BCUT2D eigenvalue weighted by Gasteiger charge is -2.26. The maximum atomic E-state index is 13.1. The van der Waals surface area contributed by atoms with Gasteiger partial charge in [0, 0.05) is 19.2 Å². The fraction of sp³-hybridized carbons (Fsp3) is 0.429. The van der Waals surface area contributed by atoms with Crippen molar-refractivity contribution in [3.8, 4) is 5.75 Å². The number of ether oxygens (including phenoxy) is 2. The highest BCUT2D eigenvalue weighted by molar-refractivity contribution is 6.46. The molecule has 3 rings (SSSR count). The summed E-state index contributed by atoms with van der Waals surface area (Å²) in [6.07, 6.45) is 0. The van der Waals surface area contributed by atoms with E-state index in [2.05, 4.69) is 34.6 Å². The second-order valence-electron chi connectivity index (χ2n) is 10.1. The van der Waals surface area contributed by atoms with E-state index in [1.165, 1.54) is 4.90 Å². The van der Waals surface area contributed by atoms with Crippen molar-refractivity contribution >= 4 is 17.4 Å². The zero-order valence-corrected chi connectivity index (χ0v) is 20.9. The molecular formula is C28H35NO5. The maximum absolute atomic E-state index is 13.1. The molecule has 0 aliphatic carbocycles. The summed E-state index contributed by atoms with van der Waals surface area (Å²) < 4.78 is 10.9. The monoisotopic (exact) mass is 465 g/mol. The van der Waals surface area contributed by atoms with E-state index in [4.69, 9.17) is 9.47 Å². The molecule has 182 valence electrons. The number of Topliss-reactive ketones (excluding diaryl/α,β-unsaturated/α-hetero) is 1. The van der Waals surface area contributed by atoms with Gasteiger partial charge in [0.25, 0.3) is 11.7 Å². The van der Waals surface area contributed by atoms with Gasteiger partial charge in [-0.05, 0) is 46.7 Å². The number of benzene rings is 2. The van der Waals surface area contributed by atoms with Crippen molar-refractivity contribution in [3.63, 3.8) is 0 Å². The zero-order valence-electron chi connectivity index (χ0n) is 20.9. The first-order chi connectivity index (χ1) is 16.0. The molecular weight excluding hydrogens is 430 g/mol. The van der Waals surface area contributed by atoms with E-state index in [1.807, 2.05) is 24.3 Å². The van der Waals surface area contributed by atoms with E-state index in [-0.39, 0.29) is 29.9 Å². The highest BCUT2D eigenvalue weighted by Crippen LogP contribution is 2.40. The van der Waals surface area contributed by atoms with E-state index < -0.39 is 17.7 Å². The average molecular weight is 466 g/mol. The number of nitrogens with zero attached hydrogens (tertiary/aromatic N) is 1. The molecule has 1 aliphatic heterocycles. The predicted molar refractivity (Wildman–Crippen MR) is 133 cm³/mol. The zero-order chi connectivity index (χ0) is 25.0. The molecule has 0 bridgehead atoms. The number of methoxy groups -OCH3 is 1. The third-order valence-electron chi connectivity index (χ3n) is 5.88. The largest absolute Gasteiger partial charge is 0.507 e. The number of ketones is 1. The van der Waals surface area contributed by atoms with E-state index in [0.717, 1.165) is 11.1 Å². The van der Waals surface area contributed by atoms with Crippen LogP contribution in [0.15, 0.2) is 54.1 Å². The SMILES string of the molecule is COCCN1C(=O)C(=O)/C(=C(/O)c2ccc(OCC(C)C)cc2)C1c1ccc(C(C)(C)C)cc1. The summed E-state index contributed by atoms with van der Waals surface area (Å²) >= 11 is 0. The Morgan fingerprint density at radius 2 is 1.65 bits per heavy atom. The van der Waals surface area contributed by atoms with Gasteiger partial charge in [0.1, 0.15) is 11.5 Å². The predicted octanol–water partition coefficient (Wildman–Crippen LogP) is 5.09. The third kappa shape index (κ3) is 5.50. The van der Waals surface area contributed by atoms with Crippen molar-refractivity contribution in [2.45, 2.75) is 46.1 Å². The molecule has 1 N–H and O–H groups in total. The first-order valence-corrected chi connectivity index (χ1v) is 11.7. The van der Waals surface area contributed by atoms with E-state index >= 15 is 0 Å². The van der Waals surface area contributed by atoms with Gasteiger partial charge in [-0.25, -0.2) is 0 Å². The van der Waals surface area contributed by atoms with Gasteiger partial charge < -0.3 is 19.5 Å². The van der Waals surface area contributed by atoms with Gasteiger partial charge in [0.2, 0.25) is 0 Å². The number of hydrogen-bond donors (Lipinski definition) is 1. The molecule has 6 heteroatoms. The molecule has 1 unspecified atom stereocenters. The summed E-state index contributed by atoms with van der Waals surface area (Å²) in [5.74, 6) is -0.460. The summed E-state index contributed by atoms with van der Waals surface area (Å²) in [4.78, 5) is 27.5. The molecule has 0 spiro atoms. The van der Waals surface area contributed by atoms with Crippen molar-refractivity contribution in [2.75, 3.05) is 26.9 Å². The lowest BCUT2D eigenvalue weighted by atomic mass is 9.85.